The normalized spacial score (nSPS) is 11.6. The molecule has 0 saturated carbocycles. The van der Waals surface area contributed by atoms with Crippen LogP contribution < -0.4 is 5.56 Å². The fourth-order valence-electron chi connectivity index (χ4n) is 3.99. The van der Waals surface area contributed by atoms with Crippen LogP contribution in [0.15, 0.2) is 59.5 Å². The standard InChI is InChI=1S/C22H17ClN4O2/c1-26-20-6-3-12(19-7-8-24-25-19)9-15(20)16-11-17(22(29)27(2)21(16)26)14-5-4-13(28)10-18(14)23/h3-11,28H,1-2H3,(H,24,25). The highest BCUT2D eigenvalue weighted by Crippen LogP contribution is 2.35. The number of nitrogens with one attached hydrogen (secondary N) is 1. The van der Waals surface area contributed by atoms with E-state index in [9.17, 15) is 9.90 Å². The summed E-state index contributed by atoms with van der Waals surface area (Å²) in [7, 11) is 3.71. The Morgan fingerprint density at radius 1 is 0.966 bits per heavy atom. The van der Waals surface area contributed by atoms with Gasteiger partial charge in [0, 0.05) is 47.8 Å². The molecule has 0 radical (unpaired) electrons. The first kappa shape index (κ1) is 17.6. The first-order valence-electron chi connectivity index (χ1n) is 9.06. The van der Waals surface area contributed by atoms with Gasteiger partial charge in [0.15, 0.2) is 0 Å². The lowest BCUT2D eigenvalue weighted by atomic mass is 10.0. The van der Waals surface area contributed by atoms with Crippen LogP contribution in [0.25, 0.3) is 44.3 Å². The Labute approximate surface area is 170 Å². The predicted molar refractivity (Wildman–Crippen MR) is 115 cm³/mol. The van der Waals surface area contributed by atoms with Gasteiger partial charge in [0.1, 0.15) is 11.4 Å². The van der Waals surface area contributed by atoms with E-state index in [0.29, 0.717) is 16.1 Å². The summed E-state index contributed by atoms with van der Waals surface area (Å²) >= 11 is 6.33. The third-order valence-electron chi connectivity index (χ3n) is 5.40. The van der Waals surface area contributed by atoms with E-state index in [1.54, 1.807) is 23.9 Å². The van der Waals surface area contributed by atoms with Crippen molar-refractivity contribution in [3.8, 4) is 28.1 Å². The molecule has 6 nitrogen and oxygen atoms in total. The van der Waals surface area contributed by atoms with Gasteiger partial charge < -0.3 is 9.67 Å². The third-order valence-corrected chi connectivity index (χ3v) is 5.72. The lowest BCUT2D eigenvalue weighted by Crippen LogP contribution is -2.20. The van der Waals surface area contributed by atoms with Crippen molar-refractivity contribution in [3.63, 3.8) is 0 Å². The van der Waals surface area contributed by atoms with Crippen LogP contribution in [0.5, 0.6) is 5.75 Å². The highest BCUT2D eigenvalue weighted by atomic mass is 35.5. The number of pyridine rings is 1. The molecule has 0 aliphatic rings. The Morgan fingerprint density at radius 3 is 2.52 bits per heavy atom. The van der Waals surface area contributed by atoms with Crippen LogP contribution >= 0.6 is 11.6 Å². The molecule has 3 aromatic heterocycles. The van der Waals surface area contributed by atoms with E-state index in [0.717, 1.165) is 33.2 Å². The van der Waals surface area contributed by atoms with Gasteiger partial charge in [0.05, 0.1) is 16.2 Å². The maximum absolute atomic E-state index is 13.1. The molecule has 0 aliphatic heterocycles. The van der Waals surface area contributed by atoms with Gasteiger partial charge in [-0.25, -0.2) is 0 Å². The number of phenols is 1. The smallest absolute Gasteiger partial charge is 0.259 e. The second-order valence-electron chi connectivity index (χ2n) is 7.08. The largest absolute Gasteiger partial charge is 0.508 e. The monoisotopic (exact) mass is 404 g/mol. The number of rotatable bonds is 2. The van der Waals surface area contributed by atoms with Crippen molar-refractivity contribution in [3.05, 3.63) is 70.1 Å². The van der Waals surface area contributed by atoms with Crippen molar-refractivity contribution in [1.29, 1.82) is 0 Å². The molecule has 7 heteroatoms. The van der Waals surface area contributed by atoms with E-state index in [2.05, 4.69) is 16.3 Å². The average molecular weight is 405 g/mol. The summed E-state index contributed by atoms with van der Waals surface area (Å²) in [6.07, 6.45) is 1.72. The Balaban J connectivity index is 1.88. The Hall–Kier alpha value is -3.51. The van der Waals surface area contributed by atoms with Crippen LogP contribution in [0.4, 0.5) is 0 Å². The number of hydrogen-bond donors (Lipinski definition) is 2. The number of hydrogen-bond acceptors (Lipinski definition) is 3. The molecule has 3 heterocycles. The quantitative estimate of drug-likeness (QED) is 0.456. The summed E-state index contributed by atoms with van der Waals surface area (Å²) in [5, 5.41) is 19.0. The first-order valence-corrected chi connectivity index (χ1v) is 9.44. The average Bonchev–Trinajstić information content (AvgIpc) is 3.32. The predicted octanol–water partition coefficient (Wildman–Crippen LogP) is 4.45. The van der Waals surface area contributed by atoms with Gasteiger partial charge in [-0.1, -0.05) is 17.7 Å². The number of aryl methyl sites for hydroxylation is 2. The number of benzene rings is 2. The van der Waals surface area contributed by atoms with Gasteiger partial charge in [-0.3, -0.25) is 14.5 Å². The summed E-state index contributed by atoms with van der Waals surface area (Å²) < 4.78 is 3.66. The number of aromatic nitrogens is 4. The number of aromatic hydroxyl groups is 1. The molecule has 5 aromatic rings. The molecule has 2 N–H and O–H groups in total. The molecular formula is C22H17ClN4O2. The topological polar surface area (TPSA) is 75.8 Å². The molecule has 0 amide bonds. The fraction of sp³-hybridized carbons (Fsp3) is 0.0909. The van der Waals surface area contributed by atoms with E-state index in [1.807, 2.05) is 35.9 Å². The summed E-state index contributed by atoms with van der Waals surface area (Å²) in [6.45, 7) is 0. The zero-order chi connectivity index (χ0) is 20.3. The third kappa shape index (κ3) is 2.57. The van der Waals surface area contributed by atoms with Gasteiger partial charge in [0.25, 0.3) is 5.56 Å². The van der Waals surface area contributed by atoms with Crippen LogP contribution in [0.2, 0.25) is 5.02 Å². The maximum Gasteiger partial charge on any atom is 0.259 e. The maximum atomic E-state index is 13.1. The van der Waals surface area contributed by atoms with E-state index in [4.69, 9.17) is 11.6 Å². The Morgan fingerprint density at radius 2 is 1.79 bits per heavy atom. The van der Waals surface area contributed by atoms with Crippen molar-refractivity contribution in [2.45, 2.75) is 0 Å². The lowest BCUT2D eigenvalue weighted by molar-refractivity contribution is 0.475. The zero-order valence-corrected chi connectivity index (χ0v) is 16.5. The van der Waals surface area contributed by atoms with E-state index >= 15 is 0 Å². The van der Waals surface area contributed by atoms with Gasteiger partial charge in [0.2, 0.25) is 0 Å². The summed E-state index contributed by atoms with van der Waals surface area (Å²) in [4.78, 5) is 13.1. The summed E-state index contributed by atoms with van der Waals surface area (Å²) in [5.74, 6) is 0.0611. The molecule has 5 rings (SSSR count). The molecule has 0 fully saturated rings. The SMILES string of the molecule is Cn1c(=O)c(-c2ccc(O)cc2Cl)cc2c3cc(-c4ccn[nH]4)ccc3n(C)c21. The van der Waals surface area contributed by atoms with Crippen LogP contribution in [-0.4, -0.2) is 24.4 Å². The van der Waals surface area contributed by atoms with Crippen molar-refractivity contribution >= 4 is 33.5 Å². The fourth-order valence-corrected chi connectivity index (χ4v) is 4.27. The number of halogens is 1. The highest BCUT2D eigenvalue weighted by molar-refractivity contribution is 6.33. The molecular weight excluding hydrogens is 388 g/mol. The number of fused-ring (bicyclic) bond motifs is 3. The van der Waals surface area contributed by atoms with Crippen molar-refractivity contribution in [1.82, 2.24) is 19.3 Å². The van der Waals surface area contributed by atoms with Gasteiger partial charge >= 0.3 is 0 Å². The molecule has 0 spiro atoms. The van der Waals surface area contributed by atoms with Crippen molar-refractivity contribution in [2.24, 2.45) is 14.1 Å². The van der Waals surface area contributed by atoms with Gasteiger partial charge in [-0.2, -0.15) is 5.10 Å². The molecule has 29 heavy (non-hydrogen) atoms. The molecule has 0 bridgehead atoms. The summed E-state index contributed by atoms with van der Waals surface area (Å²) in [5.41, 5.74) is 4.72. The van der Waals surface area contributed by atoms with E-state index in [1.165, 1.54) is 12.1 Å². The minimum atomic E-state index is -0.148. The van der Waals surface area contributed by atoms with Crippen LogP contribution in [0.3, 0.4) is 0 Å². The van der Waals surface area contributed by atoms with Crippen LogP contribution in [0, 0.1) is 0 Å². The zero-order valence-electron chi connectivity index (χ0n) is 15.8. The van der Waals surface area contributed by atoms with Crippen molar-refractivity contribution < 1.29 is 5.11 Å². The minimum Gasteiger partial charge on any atom is -0.508 e. The van der Waals surface area contributed by atoms with Gasteiger partial charge in [-0.05, 0) is 42.5 Å². The first-order chi connectivity index (χ1) is 14.0. The number of nitrogens with zero attached hydrogens (tertiary/aromatic N) is 3. The van der Waals surface area contributed by atoms with E-state index in [-0.39, 0.29) is 11.3 Å². The van der Waals surface area contributed by atoms with Crippen molar-refractivity contribution in [2.75, 3.05) is 0 Å². The van der Waals surface area contributed by atoms with Gasteiger partial charge in [-0.15, -0.1) is 0 Å². The van der Waals surface area contributed by atoms with Crippen LogP contribution in [0.1, 0.15) is 0 Å². The molecule has 0 atom stereocenters. The number of H-pyrrole nitrogens is 1. The Bertz CT molecular complexity index is 1460. The second-order valence-corrected chi connectivity index (χ2v) is 7.49. The number of phenolic OH excluding ortho intramolecular Hbond substituents is 1. The van der Waals surface area contributed by atoms with E-state index < -0.39 is 0 Å². The molecule has 144 valence electrons. The molecule has 2 aromatic carbocycles. The summed E-state index contributed by atoms with van der Waals surface area (Å²) in [6, 6.07) is 14.6. The van der Waals surface area contributed by atoms with Crippen LogP contribution in [-0.2, 0) is 14.1 Å². The second kappa shape index (κ2) is 6.25. The molecule has 0 unspecified atom stereocenters. The lowest BCUT2D eigenvalue weighted by Gasteiger charge is -2.09. The highest BCUT2D eigenvalue weighted by Gasteiger charge is 2.18. The molecule has 0 aliphatic carbocycles. The Kier molecular flexibility index (Phi) is 3.79. The minimum absolute atomic E-state index is 0.0611. The number of aromatic amines is 1. The molecule has 0 saturated heterocycles.